The fourth-order valence-electron chi connectivity index (χ4n) is 5.25. The number of anilines is 2. The Morgan fingerprint density at radius 3 is 2.68 bits per heavy atom. The van der Waals surface area contributed by atoms with Gasteiger partial charge in [0.2, 0.25) is 0 Å². The predicted octanol–water partition coefficient (Wildman–Crippen LogP) is 3.99. The number of aliphatic hydroxyl groups excluding tert-OH is 1. The third-order valence-electron chi connectivity index (χ3n) is 7.59. The van der Waals surface area contributed by atoms with Gasteiger partial charge in [0.15, 0.2) is 5.60 Å². The first-order chi connectivity index (χ1) is 21.2. The number of aromatic nitrogens is 3. The molecule has 0 saturated heterocycles. The number of benzene rings is 3. The number of carbonyl (C=O) groups excluding carboxylic acids is 2. The normalized spacial score (nSPS) is 16.7. The van der Waals surface area contributed by atoms with Crippen molar-refractivity contribution >= 4 is 28.9 Å². The zero-order valence-electron chi connectivity index (χ0n) is 24.0. The van der Waals surface area contributed by atoms with Gasteiger partial charge in [0.1, 0.15) is 0 Å². The van der Waals surface area contributed by atoms with Gasteiger partial charge in [-0.25, -0.2) is 0 Å². The van der Waals surface area contributed by atoms with E-state index >= 15 is 0 Å². The van der Waals surface area contributed by atoms with Crippen LogP contribution in [0.15, 0.2) is 91.1 Å². The van der Waals surface area contributed by atoms with Gasteiger partial charge in [0.05, 0.1) is 22.8 Å². The first-order valence-electron chi connectivity index (χ1n) is 14.2. The van der Waals surface area contributed by atoms with Gasteiger partial charge in [0.25, 0.3) is 17.5 Å². The zero-order valence-corrected chi connectivity index (χ0v) is 24.0. The summed E-state index contributed by atoms with van der Waals surface area (Å²) in [5.41, 5.74) is 0.667. The molecule has 1 aliphatic heterocycles. The molecule has 5 rings (SSSR count). The summed E-state index contributed by atoms with van der Waals surface area (Å²) in [5.74, 6) is -1.60. The van der Waals surface area contributed by atoms with Gasteiger partial charge in [-0.05, 0) is 42.3 Å². The number of nitro groups is 1. The van der Waals surface area contributed by atoms with Gasteiger partial charge in [0, 0.05) is 60.6 Å². The van der Waals surface area contributed by atoms with Crippen LogP contribution in [0.4, 0.5) is 17.1 Å². The molecule has 226 valence electrons. The summed E-state index contributed by atoms with van der Waals surface area (Å²) in [7, 11) is 0. The van der Waals surface area contributed by atoms with Crippen molar-refractivity contribution in [3.63, 3.8) is 0 Å². The van der Waals surface area contributed by atoms with Crippen molar-refractivity contribution in [3.05, 3.63) is 124 Å². The van der Waals surface area contributed by atoms with Gasteiger partial charge in [-0.3, -0.25) is 24.4 Å². The summed E-state index contributed by atoms with van der Waals surface area (Å²) in [4.78, 5) is 39.1. The number of amides is 2. The minimum atomic E-state index is -2.04. The van der Waals surface area contributed by atoms with E-state index in [1.165, 1.54) is 23.1 Å². The van der Waals surface area contributed by atoms with Crippen LogP contribution in [0, 0.1) is 16.0 Å². The number of nitro benzene ring substituents is 1. The Balaban J connectivity index is 1.36. The number of hydrogen-bond donors (Lipinski definition) is 3. The smallest absolute Gasteiger partial charge is 0.269 e. The lowest BCUT2D eigenvalue weighted by atomic mass is 9.82. The summed E-state index contributed by atoms with van der Waals surface area (Å²) < 4.78 is 1.65. The van der Waals surface area contributed by atoms with Crippen LogP contribution in [0.25, 0.3) is 0 Å². The van der Waals surface area contributed by atoms with Gasteiger partial charge in [-0.2, -0.15) is 0 Å². The molecule has 0 unspecified atom stereocenters. The Hall–Kier alpha value is -5.20. The van der Waals surface area contributed by atoms with Crippen LogP contribution < -0.4 is 10.2 Å². The largest absolute Gasteiger partial charge is 0.396 e. The summed E-state index contributed by atoms with van der Waals surface area (Å²) in [6.45, 7) is 2.24. The maximum absolute atomic E-state index is 13.9. The van der Waals surface area contributed by atoms with Crippen molar-refractivity contribution in [3.8, 4) is 0 Å². The number of rotatable bonds is 12. The van der Waals surface area contributed by atoms with E-state index in [0.29, 0.717) is 47.6 Å². The third kappa shape index (κ3) is 6.26. The van der Waals surface area contributed by atoms with Crippen molar-refractivity contribution in [1.29, 1.82) is 0 Å². The molecule has 0 saturated carbocycles. The number of hydrogen-bond acceptors (Lipinski definition) is 8. The van der Waals surface area contributed by atoms with E-state index in [1.807, 2.05) is 12.1 Å². The number of carbonyl (C=O) groups is 2. The molecule has 1 aromatic heterocycles. The molecule has 3 aromatic carbocycles. The molecule has 0 fully saturated rings. The molecule has 44 heavy (non-hydrogen) atoms. The van der Waals surface area contributed by atoms with E-state index in [-0.39, 0.29) is 30.3 Å². The average Bonchev–Trinajstić information content (AvgIpc) is 3.56. The fraction of sp³-hybridized carbons (Fsp3) is 0.250. The summed E-state index contributed by atoms with van der Waals surface area (Å²) in [6.07, 6.45) is 6.23. The van der Waals surface area contributed by atoms with E-state index in [1.54, 1.807) is 72.4 Å². The summed E-state index contributed by atoms with van der Waals surface area (Å²) in [5, 5.41) is 43.5. The van der Waals surface area contributed by atoms with E-state index in [0.717, 1.165) is 0 Å². The van der Waals surface area contributed by atoms with Gasteiger partial charge >= 0.3 is 0 Å². The SMILES string of the molecule is C[C@@H](/C=C/CCn1cc(CCO)nn1)[C@]1(O)C(=O)N(Cc2cccc(NC(=O)c3ccccc3)c2)c2ccc([N+](=O)[O-])cc21. The topological polar surface area (TPSA) is 164 Å². The number of aliphatic hydroxyl groups is 2. The average molecular weight is 597 g/mol. The van der Waals surface area contributed by atoms with Crippen LogP contribution in [0.3, 0.4) is 0 Å². The highest BCUT2D eigenvalue weighted by atomic mass is 16.6. The minimum Gasteiger partial charge on any atom is -0.396 e. The number of non-ortho nitro benzene ring substituents is 1. The van der Waals surface area contributed by atoms with E-state index in [4.69, 9.17) is 5.11 Å². The monoisotopic (exact) mass is 596 g/mol. The highest BCUT2D eigenvalue weighted by Crippen LogP contribution is 2.47. The zero-order chi connectivity index (χ0) is 31.3. The molecule has 1 aliphatic rings. The predicted molar refractivity (Wildman–Crippen MR) is 163 cm³/mol. The van der Waals surface area contributed by atoms with Crippen LogP contribution in [0.1, 0.15) is 40.5 Å². The Kier molecular flexibility index (Phi) is 8.93. The Bertz CT molecular complexity index is 1700. The van der Waals surface area contributed by atoms with Gasteiger partial charge in [-0.1, -0.05) is 54.6 Å². The maximum atomic E-state index is 13.9. The second-order valence-corrected chi connectivity index (χ2v) is 10.6. The molecular formula is C32H32N6O6. The van der Waals surface area contributed by atoms with Crippen LogP contribution in [0.2, 0.25) is 0 Å². The molecular weight excluding hydrogens is 564 g/mol. The van der Waals surface area contributed by atoms with Gasteiger partial charge < -0.3 is 20.4 Å². The fourth-order valence-corrected chi connectivity index (χ4v) is 5.25. The molecule has 2 atom stereocenters. The molecule has 3 N–H and O–H groups in total. The van der Waals surface area contributed by atoms with Crippen molar-refractivity contribution in [2.75, 3.05) is 16.8 Å². The lowest BCUT2D eigenvalue weighted by Crippen LogP contribution is -2.44. The van der Waals surface area contributed by atoms with Crippen molar-refractivity contribution in [2.45, 2.75) is 38.5 Å². The molecule has 2 heterocycles. The number of nitrogens with one attached hydrogen (secondary N) is 1. The molecule has 4 aromatic rings. The molecule has 12 heteroatoms. The standard InChI is InChI=1S/C32H32N6O6/c1-22(8-5-6-16-36-21-26(15-17-39)34-35-36)32(42)28-19-27(38(43)44)13-14-29(28)37(31(32)41)20-23-9-7-12-25(18-23)33-30(40)24-10-3-2-4-11-24/h2-5,7-14,18-19,21-22,39,42H,6,15-17,20H2,1H3,(H,33,40)/b8-5+/t22-,32+/m0/s1. The molecule has 0 spiro atoms. The van der Waals surface area contributed by atoms with Crippen LogP contribution in [0.5, 0.6) is 0 Å². The van der Waals surface area contributed by atoms with Crippen LogP contribution in [-0.4, -0.2) is 48.6 Å². The second kappa shape index (κ2) is 13.0. The number of allylic oxidation sites excluding steroid dienone is 1. The van der Waals surface area contributed by atoms with Crippen LogP contribution in [-0.2, 0) is 29.9 Å². The Morgan fingerprint density at radius 2 is 1.93 bits per heavy atom. The van der Waals surface area contributed by atoms with E-state index < -0.39 is 22.3 Å². The van der Waals surface area contributed by atoms with E-state index in [9.17, 15) is 24.8 Å². The molecule has 0 radical (unpaired) electrons. The molecule has 0 aliphatic carbocycles. The molecule has 2 amide bonds. The Labute approximate surface area is 253 Å². The van der Waals surface area contributed by atoms with Crippen LogP contribution >= 0.6 is 0 Å². The summed E-state index contributed by atoms with van der Waals surface area (Å²) in [6, 6.07) is 19.9. The molecule has 0 bridgehead atoms. The number of fused-ring (bicyclic) bond motifs is 1. The van der Waals surface area contributed by atoms with Crippen molar-refractivity contribution < 1.29 is 24.7 Å². The van der Waals surface area contributed by atoms with E-state index in [2.05, 4.69) is 15.6 Å². The molecule has 12 nitrogen and oxygen atoms in total. The highest BCUT2D eigenvalue weighted by Gasteiger charge is 2.53. The lowest BCUT2D eigenvalue weighted by molar-refractivity contribution is -0.385. The second-order valence-electron chi connectivity index (χ2n) is 10.6. The summed E-state index contributed by atoms with van der Waals surface area (Å²) >= 11 is 0. The van der Waals surface area contributed by atoms with Crippen molar-refractivity contribution in [1.82, 2.24) is 15.0 Å². The first kappa shape index (κ1) is 30.3. The van der Waals surface area contributed by atoms with Gasteiger partial charge in [-0.15, -0.1) is 5.10 Å². The first-order valence-corrected chi connectivity index (χ1v) is 14.2. The lowest BCUT2D eigenvalue weighted by Gasteiger charge is -2.27. The third-order valence-corrected chi connectivity index (χ3v) is 7.59. The quantitative estimate of drug-likeness (QED) is 0.126. The number of aryl methyl sites for hydroxylation is 1. The minimum absolute atomic E-state index is 0.0182. The highest BCUT2D eigenvalue weighted by molar-refractivity contribution is 6.07. The Morgan fingerprint density at radius 1 is 1.14 bits per heavy atom. The number of nitrogens with zero attached hydrogens (tertiary/aromatic N) is 5. The van der Waals surface area contributed by atoms with Crippen molar-refractivity contribution in [2.24, 2.45) is 5.92 Å². The maximum Gasteiger partial charge on any atom is 0.269 e.